The third-order valence-electron chi connectivity index (χ3n) is 4.55. The molecule has 2 aromatic heterocycles. The quantitative estimate of drug-likeness (QED) is 0.432. The third-order valence-corrected chi connectivity index (χ3v) is 5.76. The molecule has 11 heteroatoms. The van der Waals surface area contributed by atoms with Gasteiger partial charge in [0.05, 0.1) is 13.3 Å². The van der Waals surface area contributed by atoms with E-state index in [0.29, 0.717) is 11.6 Å². The van der Waals surface area contributed by atoms with Gasteiger partial charge in [-0.25, -0.2) is 4.98 Å². The van der Waals surface area contributed by atoms with Crippen LogP contribution in [0.5, 0.6) is 11.6 Å². The summed E-state index contributed by atoms with van der Waals surface area (Å²) in [7, 11) is 1.54. The van der Waals surface area contributed by atoms with Crippen molar-refractivity contribution in [3.05, 3.63) is 36.8 Å². The third kappa shape index (κ3) is 6.58. The van der Waals surface area contributed by atoms with Crippen molar-refractivity contribution in [1.29, 1.82) is 0 Å². The van der Waals surface area contributed by atoms with Gasteiger partial charge in [-0.3, -0.25) is 19.4 Å². The Kier molecular flexibility index (Phi) is 8.10. The number of rotatable bonds is 7. The second-order valence-corrected chi connectivity index (χ2v) is 8.25. The highest BCUT2D eigenvalue weighted by Crippen LogP contribution is 2.35. The molecule has 1 saturated heterocycles. The Labute approximate surface area is 194 Å². The molecule has 1 unspecified atom stereocenters. The number of esters is 3. The predicted octanol–water partition coefficient (Wildman–Crippen LogP) is 2.40. The first kappa shape index (κ1) is 24.3. The van der Waals surface area contributed by atoms with Gasteiger partial charge in [0, 0.05) is 56.1 Å². The zero-order chi connectivity index (χ0) is 24.0. The van der Waals surface area contributed by atoms with Crippen molar-refractivity contribution in [2.75, 3.05) is 12.9 Å². The molecule has 0 spiro atoms. The molecule has 3 heterocycles. The summed E-state index contributed by atoms with van der Waals surface area (Å²) in [5.41, 5.74) is 0.812. The number of methoxy groups -OCH3 is 1. The summed E-state index contributed by atoms with van der Waals surface area (Å²) in [6, 6.07) is 5.33. The van der Waals surface area contributed by atoms with Crippen molar-refractivity contribution in [3.63, 3.8) is 0 Å². The van der Waals surface area contributed by atoms with Gasteiger partial charge in [-0.15, -0.1) is 11.8 Å². The van der Waals surface area contributed by atoms with Crippen LogP contribution in [0, 0.1) is 0 Å². The molecule has 1 aliphatic heterocycles. The van der Waals surface area contributed by atoms with Gasteiger partial charge in [0.2, 0.25) is 5.88 Å². The molecule has 1 fully saturated rings. The molecule has 4 atom stereocenters. The van der Waals surface area contributed by atoms with Gasteiger partial charge in [0.15, 0.2) is 23.7 Å². The molecule has 0 bridgehead atoms. The molecular formula is C22H24N2O8S. The fourth-order valence-electron chi connectivity index (χ4n) is 3.26. The van der Waals surface area contributed by atoms with Crippen molar-refractivity contribution in [2.24, 2.45) is 0 Å². The van der Waals surface area contributed by atoms with E-state index in [1.54, 1.807) is 24.5 Å². The molecule has 33 heavy (non-hydrogen) atoms. The van der Waals surface area contributed by atoms with Crippen LogP contribution < -0.4 is 9.47 Å². The summed E-state index contributed by atoms with van der Waals surface area (Å²) in [5.74, 6) is -0.563. The minimum absolute atomic E-state index is 0.273. The van der Waals surface area contributed by atoms with Crippen molar-refractivity contribution in [3.8, 4) is 22.8 Å². The zero-order valence-corrected chi connectivity index (χ0v) is 19.4. The molecule has 3 rings (SSSR count). The lowest BCUT2D eigenvalue weighted by Gasteiger charge is -2.39. The Hall–Kier alpha value is -3.34. The summed E-state index contributed by atoms with van der Waals surface area (Å²) in [6.07, 6.45) is 1.99. The molecule has 1 aliphatic rings. The maximum Gasteiger partial charge on any atom is 0.303 e. The van der Waals surface area contributed by atoms with E-state index in [2.05, 4.69) is 9.97 Å². The highest BCUT2D eigenvalue weighted by molar-refractivity contribution is 7.99. The Morgan fingerprint density at radius 1 is 0.909 bits per heavy atom. The Morgan fingerprint density at radius 3 is 2.21 bits per heavy atom. The van der Waals surface area contributed by atoms with E-state index >= 15 is 0 Å². The lowest BCUT2D eigenvalue weighted by atomic mass is 10.1. The monoisotopic (exact) mass is 476 g/mol. The van der Waals surface area contributed by atoms with Gasteiger partial charge < -0.3 is 23.7 Å². The Bertz CT molecular complexity index is 1000. The predicted molar refractivity (Wildman–Crippen MR) is 118 cm³/mol. The van der Waals surface area contributed by atoms with Crippen LogP contribution in [0.4, 0.5) is 0 Å². The second-order valence-electron chi connectivity index (χ2n) is 7.11. The maximum absolute atomic E-state index is 11.8. The van der Waals surface area contributed by atoms with Gasteiger partial charge in [0.25, 0.3) is 0 Å². The normalized spacial score (nSPS) is 22.1. The molecule has 10 nitrogen and oxygen atoms in total. The number of ether oxygens (including phenoxy) is 5. The van der Waals surface area contributed by atoms with Crippen molar-refractivity contribution >= 4 is 29.7 Å². The fraction of sp³-hybridized carbons (Fsp3) is 0.409. The standard InChI is InChI=1S/C22H24N2O8S/c1-12(25)29-18-11-33-22(21(31-14(3)27)20(18)30-13(2)26)32-17-7-16(8-23-10-17)15-5-6-19(28-4)24-9-15/h5-10,18,20-22H,11H2,1-4H3/t18-,20+,21-,22?/m1/s1. The van der Waals surface area contributed by atoms with E-state index in [9.17, 15) is 14.4 Å². The SMILES string of the molecule is COc1ccc(-c2cncc(OC3SC[C@@H](OC(C)=O)[C@H](OC(C)=O)[C@H]3OC(C)=O)c2)cn1. The molecule has 176 valence electrons. The minimum atomic E-state index is -1.02. The average molecular weight is 477 g/mol. The second kappa shape index (κ2) is 11.0. The first-order chi connectivity index (χ1) is 15.8. The average Bonchev–Trinajstić information content (AvgIpc) is 2.77. The van der Waals surface area contributed by atoms with Crippen LogP contribution in [-0.2, 0) is 28.6 Å². The number of carbonyl (C=O) groups is 3. The number of carbonyl (C=O) groups excluding carboxylic acids is 3. The van der Waals surface area contributed by atoms with Crippen LogP contribution in [0.2, 0.25) is 0 Å². The summed E-state index contributed by atoms with van der Waals surface area (Å²) in [6.45, 7) is 3.72. The van der Waals surface area contributed by atoms with Crippen LogP contribution in [0.15, 0.2) is 36.8 Å². The van der Waals surface area contributed by atoms with Crippen LogP contribution in [0.3, 0.4) is 0 Å². The van der Waals surface area contributed by atoms with Crippen molar-refractivity contribution in [2.45, 2.75) is 44.5 Å². The zero-order valence-electron chi connectivity index (χ0n) is 18.5. The molecule has 2 aromatic rings. The van der Waals surface area contributed by atoms with Gasteiger partial charge in [-0.1, -0.05) is 0 Å². The lowest BCUT2D eigenvalue weighted by Crippen LogP contribution is -2.55. The fourth-order valence-corrected chi connectivity index (χ4v) is 4.47. The molecule has 0 radical (unpaired) electrons. The molecular weight excluding hydrogens is 452 g/mol. The highest BCUT2D eigenvalue weighted by Gasteiger charge is 2.47. The number of nitrogens with zero attached hydrogens (tertiary/aromatic N) is 2. The largest absolute Gasteiger partial charge is 0.481 e. The topological polar surface area (TPSA) is 123 Å². The van der Waals surface area contributed by atoms with E-state index < -0.39 is 41.7 Å². The summed E-state index contributed by atoms with van der Waals surface area (Å²) in [5, 5.41) is 0. The van der Waals surface area contributed by atoms with Gasteiger partial charge >= 0.3 is 17.9 Å². The lowest BCUT2D eigenvalue weighted by molar-refractivity contribution is -0.186. The van der Waals surface area contributed by atoms with Crippen LogP contribution in [0.25, 0.3) is 11.1 Å². The minimum Gasteiger partial charge on any atom is -0.481 e. The summed E-state index contributed by atoms with van der Waals surface area (Å²) < 4.78 is 27.3. The molecule has 0 amide bonds. The van der Waals surface area contributed by atoms with Crippen LogP contribution in [0.1, 0.15) is 20.8 Å². The summed E-state index contributed by atoms with van der Waals surface area (Å²) in [4.78, 5) is 43.4. The number of thioether (sulfide) groups is 1. The number of pyridine rings is 2. The van der Waals surface area contributed by atoms with Gasteiger partial charge in [-0.05, 0) is 12.1 Å². The molecule has 0 saturated carbocycles. The van der Waals surface area contributed by atoms with Gasteiger partial charge in [-0.2, -0.15) is 0 Å². The van der Waals surface area contributed by atoms with Crippen molar-refractivity contribution < 1.29 is 38.1 Å². The van der Waals surface area contributed by atoms with Crippen LogP contribution in [-0.4, -0.2) is 64.5 Å². The van der Waals surface area contributed by atoms with Crippen LogP contribution >= 0.6 is 11.8 Å². The van der Waals surface area contributed by atoms with E-state index in [1.807, 2.05) is 6.07 Å². The smallest absolute Gasteiger partial charge is 0.303 e. The highest BCUT2D eigenvalue weighted by atomic mass is 32.2. The maximum atomic E-state index is 11.8. The number of aromatic nitrogens is 2. The van der Waals surface area contributed by atoms with E-state index in [1.165, 1.54) is 45.8 Å². The van der Waals surface area contributed by atoms with Crippen molar-refractivity contribution in [1.82, 2.24) is 9.97 Å². The van der Waals surface area contributed by atoms with E-state index in [4.69, 9.17) is 23.7 Å². The first-order valence-electron chi connectivity index (χ1n) is 10.0. The molecule has 0 aliphatic carbocycles. The first-order valence-corrected chi connectivity index (χ1v) is 11.1. The van der Waals surface area contributed by atoms with E-state index in [-0.39, 0.29) is 5.75 Å². The Balaban J connectivity index is 1.85. The Morgan fingerprint density at radius 2 is 1.61 bits per heavy atom. The van der Waals surface area contributed by atoms with Gasteiger partial charge in [0.1, 0.15) is 5.75 Å². The molecule has 0 N–H and O–H groups in total. The summed E-state index contributed by atoms with van der Waals surface area (Å²) >= 11 is 1.27. The number of hydrogen-bond acceptors (Lipinski definition) is 11. The van der Waals surface area contributed by atoms with E-state index in [0.717, 1.165) is 11.1 Å². The molecule has 0 aromatic carbocycles. The number of hydrogen-bond donors (Lipinski definition) is 0.